The molecule has 0 saturated carbocycles. The van der Waals surface area contributed by atoms with Crippen molar-refractivity contribution < 1.29 is 29.0 Å². The fourth-order valence-electron chi connectivity index (χ4n) is 4.07. The summed E-state index contributed by atoms with van der Waals surface area (Å²) in [6.07, 6.45) is -1.48. The maximum Gasteiger partial charge on any atom is 0.412 e. The van der Waals surface area contributed by atoms with Crippen LogP contribution in [0.15, 0.2) is 66.7 Å². The van der Waals surface area contributed by atoms with Crippen LogP contribution in [0.3, 0.4) is 0 Å². The molecule has 0 aromatic heterocycles. The minimum atomic E-state index is -1.21. The number of amides is 2. The average molecular weight is 475 g/mol. The minimum absolute atomic E-state index is 0.108. The van der Waals surface area contributed by atoms with Gasteiger partial charge in [0.1, 0.15) is 12.2 Å². The van der Waals surface area contributed by atoms with Gasteiger partial charge in [-0.3, -0.25) is 10.6 Å². The standard InChI is InChI=1S/C27H26N2O6/c1-27(2,3)35-26(33)29-18-13-16(24(30)31)12-17(14-18)28-25(32)34-15-23-21-10-6-4-8-19(21)20-9-5-7-11-22(20)23/h4-14,23H,15H2,1-3H3,(H,28,32)(H,29,33)(H,30,31). The first-order valence-electron chi connectivity index (χ1n) is 11.1. The van der Waals surface area contributed by atoms with E-state index >= 15 is 0 Å². The number of nitrogens with one attached hydrogen (secondary N) is 2. The molecule has 0 aliphatic heterocycles. The topological polar surface area (TPSA) is 114 Å². The second kappa shape index (κ2) is 9.50. The molecule has 0 bridgehead atoms. The van der Waals surface area contributed by atoms with Gasteiger partial charge in [0.05, 0.1) is 5.56 Å². The van der Waals surface area contributed by atoms with Crippen molar-refractivity contribution in [2.24, 2.45) is 0 Å². The molecular formula is C27H26N2O6. The van der Waals surface area contributed by atoms with Crippen molar-refractivity contribution in [3.8, 4) is 11.1 Å². The number of carboxylic acid groups (broad SMARTS) is 1. The molecule has 0 fully saturated rings. The minimum Gasteiger partial charge on any atom is -0.478 e. The van der Waals surface area contributed by atoms with E-state index in [0.717, 1.165) is 22.3 Å². The molecule has 4 rings (SSSR count). The number of hydrogen-bond acceptors (Lipinski definition) is 5. The molecule has 0 saturated heterocycles. The summed E-state index contributed by atoms with van der Waals surface area (Å²) in [6.45, 7) is 5.25. The predicted octanol–water partition coefficient (Wildman–Crippen LogP) is 6.09. The van der Waals surface area contributed by atoms with Crippen molar-refractivity contribution in [2.75, 3.05) is 17.2 Å². The zero-order valence-corrected chi connectivity index (χ0v) is 19.6. The zero-order chi connectivity index (χ0) is 25.2. The van der Waals surface area contributed by atoms with Crippen molar-refractivity contribution in [1.29, 1.82) is 0 Å². The van der Waals surface area contributed by atoms with Crippen LogP contribution in [-0.4, -0.2) is 35.5 Å². The molecule has 8 nitrogen and oxygen atoms in total. The summed E-state index contributed by atoms with van der Waals surface area (Å²) in [7, 11) is 0. The Bertz CT molecular complexity index is 1250. The summed E-state index contributed by atoms with van der Waals surface area (Å²) in [6, 6.07) is 20.0. The number of aromatic carboxylic acids is 1. The van der Waals surface area contributed by atoms with Gasteiger partial charge in [0.15, 0.2) is 0 Å². The molecule has 1 aliphatic rings. The van der Waals surface area contributed by atoms with Gasteiger partial charge in [-0.25, -0.2) is 14.4 Å². The van der Waals surface area contributed by atoms with Crippen LogP contribution < -0.4 is 10.6 Å². The quantitative estimate of drug-likeness (QED) is 0.412. The lowest BCUT2D eigenvalue weighted by Crippen LogP contribution is -2.27. The lowest BCUT2D eigenvalue weighted by Gasteiger charge is -2.20. The van der Waals surface area contributed by atoms with Crippen molar-refractivity contribution in [2.45, 2.75) is 32.3 Å². The van der Waals surface area contributed by atoms with Gasteiger partial charge < -0.3 is 14.6 Å². The molecule has 0 spiro atoms. The molecule has 3 N–H and O–H groups in total. The van der Waals surface area contributed by atoms with E-state index in [1.807, 2.05) is 48.5 Å². The smallest absolute Gasteiger partial charge is 0.412 e. The van der Waals surface area contributed by atoms with Crippen LogP contribution in [-0.2, 0) is 9.47 Å². The maximum atomic E-state index is 12.6. The van der Waals surface area contributed by atoms with Crippen LogP contribution in [0, 0.1) is 0 Å². The molecule has 3 aromatic carbocycles. The monoisotopic (exact) mass is 474 g/mol. The highest BCUT2D eigenvalue weighted by Crippen LogP contribution is 2.44. The van der Waals surface area contributed by atoms with Gasteiger partial charge in [-0.05, 0) is 61.2 Å². The number of ether oxygens (including phenoxy) is 2. The highest BCUT2D eigenvalue weighted by Gasteiger charge is 2.29. The summed E-state index contributed by atoms with van der Waals surface area (Å²) in [4.78, 5) is 36.3. The number of rotatable bonds is 5. The first-order chi connectivity index (χ1) is 16.6. The van der Waals surface area contributed by atoms with Crippen LogP contribution in [0.5, 0.6) is 0 Å². The summed E-state index contributed by atoms with van der Waals surface area (Å²) in [5, 5.41) is 14.5. The van der Waals surface area contributed by atoms with Gasteiger partial charge in [-0.15, -0.1) is 0 Å². The van der Waals surface area contributed by atoms with Crippen LogP contribution in [0.2, 0.25) is 0 Å². The van der Waals surface area contributed by atoms with Gasteiger partial charge in [-0.1, -0.05) is 48.5 Å². The molecule has 1 aliphatic carbocycles. The maximum absolute atomic E-state index is 12.6. The fourth-order valence-corrected chi connectivity index (χ4v) is 4.07. The average Bonchev–Trinajstić information content (AvgIpc) is 3.10. The highest BCUT2D eigenvalue weighted by molar-refractivity contribution is 5.95. The van der Waals surface area contributed by atoms with Crippen molar-refractivity contribution in [3.05, 3.63) is 83.4 Å². The SMILES string of the molecule is CC(C)(C)OC(=O)Nc1cc(NC(=O)OCC2c3ccccc3-c3ccccc32)cc(C(=O)O)c1. The third kappa shape index (κ3) is 5.60. The number of hydrogen-bond donors (Lipinski definition) is 3. The van der Waals surface area contributed by atoms with Crippen molar-refractivity contribution >= 4 is 29.5 Å². The van der Waals surface area contributed by atoms with E-state index < -0.39 is 23.8 Å². The van der Waals surface area contributed by atoms with Crippen LogP contribution >= 0.6 is 0 Å². The molecular weight excluding hydrogens is 448 g/mol. The lowest BCUT2D eigenvalue weighted by atomic mass is 9.98. The van der Waals surface area contributed by atoms with E-state index in [0.29, 0.717) is 0 Å². The van der Waals surface area contributed by atoms with Gasteiger partial charge in [-0.2, -0.15) is 0 Å². The normalized spacial score (nSPS) is 12.3. The molecule has 180 valence electrons. The zero-order valence-electron chi connectivity index (χ0n) is 19.6. The highest BCUT2D eigenvalue weighted by atomic mass is 16.6. The Morgan fingerprint density at radius 1 is 0.829 bits per heavy atom. The van der Waals surface area contributed by atoms with E-state index in [-0.39, 0.29) is 29.5 Å². The Kier molecular flexibility index (Phi) is 6.46. The number of anilines is 2. The third-order valence-corrected chi connectivity index (χ3v) is 5.42. The van der Waals surface area contributed by atoms with Crippen LogP contribution in [0.25, 0.3) is 11.1 Å². The number of carboxylic acids is 1. The summed E-state index contributed by atoms with van der Waals surface area (Å²) >= 11 is 0. The van der Waals surface area contributed by atoms with Gasteiger partial charge in [0, 0.05) is 17.3 Å². The number of carbonyl (C=O) groups excluding carboxylic acids is 2. The predicted molar refractivity (Wildman–Crippen MR) is 132 cm³/mol. The second-order valence-electron chi connectivity index (χ2n) is 9.18. The summed E-state index contributed by atoms with van der Waals surface area (Å²) in [5.74, 6) is -1.32. The van der Waals surface area contributed by atoms with E-state index in [4.69, 9.17) is 9.47 Å². The first-order valence-corrected chi connectivity index (χ1v) is 11.1. The summed E-state index contributed by atoms with van der Waals surface area (Å²) < 4.78 is 10.7. The number of carbonyl (C=O) groups is 3. The van der Waals surface area contributed by atoms with Gasteiger partial charge in [0.2, 0.25) is 0 Å². The van der Waals surface area contributed by atoms with E-state index in [2.05, 4.69) is 10.6 Å². The Hall–Kier alpha value is -4.33. The molecule has 3 aromatic rings. The molecule has 8 heteroatoms. The Morgan fingerprint density at radius 2 is 1.34 bits per heavy atom. The Balaban J connectivity index is 1.47. The lowest BCUT2D eigenvalue weighted by molar-refractivity contribution is 0.0632. The van der Waals surface area contributed by atoms with E-state index in [1.54, 1.807) is 20.8 Å². The van der Waals surface area contributed by atoms with Crippen molar-refractivity contribution in [3.63, 3.8) is 0 Å². The van der Waals surface area contributed by atoms with Gasteiger partial charge in [0.25, 0.3) is 0 Å². The number of benzene rings is 3. The van der Waals surface area contributed by atoms with Crippen molar-refractivity contribution in [1.82, 2.24) is 0 Å². The molecule has 35 heavy (non-hydrogen) atoms. The molecule has 0 heterocycles. The van der Waals surface area contributed by atoms with E-state index in [1.165, 1.54) is 18.2 Å². The fraction of sp³-hybridized carbons (Fsp3) is 0.222. The second-order valence-corrected chi connectivity index (χ2v) is 9.18. The van der Waals surface area contributed by atoms with E-state index in [9.17, 15) is 19.5 Å². The van der Waals surface area contributed by atoms with Crippen LogP contribution in [0.1, 0.15) is 48.2 Å². The molecule has 0 radical (unpaired) electrons. The molecule has 0 atom stereocenters. The Labute approximate surface area is 202 Å². The largest absolute Gasteiger partial charge is 0.478 e. The van der Waals surface area contributed by atoms with Crippen LogP contribution in [0.4, 0.5) is 21.0 Å². The summed E-state index contributed by atoms with van der Waals surface area (Å²) in [5.41, 5.74) is 3.87. The third-order valence-electron chi connectivity index (χ3n) is 5.42. The number of fused-ring (bicyclic) bond motifs is 3. The Morgan fingerprint density at radius 3 is 1.86 bits per heavy atom. The van der Waals surface area contributed by atoms with Gasteiger partial charge >= 0.3 is 18.2 Å². The first kappa shape index (κ1) is 23.8. The molecule has 2 amide bonds. The molecule has 0 unspecified atom stereocenters.